The summed E-state index contributed by atoms with van der Waals surface area (Å²) in [5.41, 5.74) is 1.52. The van der Waals surface area contributed by atoms with Gasteiger partial charge < -0.3 is 9.47 Å². The lowest BCUT2D eigenvalue weighted by Gasteiger charge is -2.17. The molecule has 0 spiro atoms. The number of halogens is 4. The molecule has 2 unspecified atom stereocenters. The molecule has 0 radical (unpaired) electrons. The number of hydrogen-bond donors (Lipinski definition) is 0. The van der Waals surface area contributed by atoms with Gasteiger partial charge in [-0.15, -0.1) is 0 Å². The molecule has 1 saturated carbocycles. The summed E-state index contributed by atoms with van der Waals surface area (Å²) in [6.07, 6.45) is 1.58. The predicted octanol–water partition coefficient (Wildman–Crippen LogP) is 5.29. The van der Waals surface area contributed by atoms with Gasteiger partial charge in [0.15, 0.2) is 0 Å². The van der Waals surface area contributed by atoms with Crippen LogP contribution >= 0.6 is 15.9 Å². The molecule has 2 aromatic rings. The molecule has 0 aliphatic heterocycles. The third-order valence-corrected chi connectivity index (χ3v) is 5.06. The Kier molecular flexibility index (Phi) is 4.88. The first-order valence-corrected chi connectivity index (χ1v) is 8.28. The van der Waals surface area contributed by atoms with Crippen LogP contribution in [-0.2, 0) is 16.8 Å². The van der Waals surface area contributed by atoms with Crippen LogP contribution in [-0.4, -0.2) is 13.7 Å². The van der Waals surface area contributed by atoms with Crippen molar-refractivity contribution in [2.24, 2.45) is 5.92 Å². The molecule has 128 valence electrons. The van der Waals surface area contributed by atoms with Crippen molar-refractivity contribution in [3.05, 3.63) is 63.9 Å². The normalized spacial score (nSPS) is 22.7. The van der Waals surface area contributed by atoms with E-state index in [1.54, 1.807) is 31.4 Å². The van der Waals surface area contributed by atoms with Crippen molar-refractivity contribution in [2.45, 2.75) is 25.1 Å². The lowest BCUT2D eigenvalue weighted by molar-refractivity contribution is -0.0498. The second-order valence-electron chi connectivity index (χ2n) is 5.85. The van der Waals surface area contributed by atoms with Gasteiger partial charge in [0.25, 0.3) is 0 Å². The van der Waals surface area contributed by atoms with Gasteiger partial charge in [0.05, 0.1) is 10.1 Å². The van der Waals surface area contributed by atoms with Gasteiger partial charge in [0.2, 0.25) is 0 Å². The summed E-state index contributed by atoms with van der Waals surface area (Å²) in [6, 6.07) is 11.5. The van der Waals surface area contributed by atoms with Gasteiger partial charge in [-0.05, 0) is 70.1 Å². The van der Waals surface area contributed by atoms with Crippen LogP contribution in [0.2, 0.25) is 0 Å². The summed E-state index contributed by atoms with van der Waals surface area (Å²) in [7, 11) is 1.64. The molecular formula is C18H16BrF3O2. The van der Waals surface area contributed by atoms with Crippen LogP contribution in [0.1, 0.15) is 17.5 Å². The molecule has 0 amide bonds. The van der Waals surface area contributed by atoms with E-state index in [4.69, 9.17) is 4.74 Å². The average Bonchev–Trinajstić information content (AvgIpc) is 3.25. The summed E-state index contributed by atoms with van der Waals surface area (Å²) < 4.78 is 48.3. The van der Waals surface area contributed by atoms with Crippen molar-refractivity contribution in [1.29, 1.82) is 0 Å². The first kappa shape index (κ1) is 17.3. The minimum atomic E-state index is -2.84. The van der Waals surface area contributed by atoms with Gasteiger partial charge in [0.1, 0.15) is 11.6 Å². The summed E-state index contributed by atoms with van der Waals surface area (Å²) in [6.45, 7) is -2.84. The average molecular weight is 401 g/mol. The van der Waals surface area contributed by atoms with Gasteiger partial charge in [-0.25, -0.2) is 4.39 Å². The number of methoxy groups -OCH3 is 1. The molecule has 6 heteroatoms. The third-order valence-electron chi connectivity index (χ3n) is 4.45. The topological polar surface area (TPSA) is 18.5 Å². The largest absolute Gasteiger partial charge is 0.435 e. The Balaban J connectivity index is 1.73. The molecule has 2 atom stereocenters. The Morgan fingerprint density at radius 1 is 1.21 bits per heavy atom. The zero-order valence-corrected chi connectivity index (χ0v) is 14.5. The van der Waals surface area contributed by atoms with Crippen molar-refractivity contribution in [3.63, 3.8) is 0 Å². The van der Waals surface area contributed by atoms with Crippen LogP contribution in [0.15, 0.2) is 46.9 Å². The van der Waals surface area contributed by atoms with E-state index >= 15 is 0 Å². The van der Waals surface area contributed by atoms with E-state index in [2.05, 4.69) is 20.7 Å². The van der Waals surface area contributed by atoms with Gasteiger partial charge in [0, 0.05) is 7.11 Å². The fourth-order valence-electron chi connectivity index (χ4n) is 3.14. The Morgan fingerprint density at radius 3 is 2.50 bits per heavy atom. The van der Waals surface area contributed by atoms with Crippen LogP contribution in [0, 0.1) is 11.7 Å². The molecule has 1 fully saturated rings. The molecule has 24 heavy (non-hydrogen) atoms. The minimum absolute atomic E-state index is 0.125. The van der Waals surface area contributed by atoms with E-state index in [9.17, 15) is 13.2 Å². The number of benzene rings is 2. The molecule has 0 heterocycles. The SMILES string of the molecule is COC1(c2ccc(OC(F)F)cc2)CC1Cc1ccc(F)c(Br)c1. The lowest BCUT2D eigenvalue weighted by atomic mass is 10.0. The van der Waals surface area contributed by atoms with Gasteiger partial charge in [-0.2, -0.15) is 8.78 Å². The minimum Gasteiger partial charge on any atom is -0.435 e. The molecule has 0 N–H and O–H groups in total. The van der Waals surface area contributed by atoms with Crippen molar-refractivity contribution < 1.29 is 22.6 Å². The molecule has 0 aromatic heterocycles. The Bertz CT molecular complexity index is 721. The highest BCUT2D eigenvalue weighted by Crippen LogP contribution is 2.56. The maximum Gasteiger partial charge on any atom is 0.387 e. The maximum atomic E-state index is 13.3. The molecule has 1 aliphatic carbocycles. The zero-order chi connectivity index (χ0) is 17.3. The van der Waals surface area contributed by atoms with E-state index < -0.39 is 12.2 Å². The monoisotopic (exact) mass is 400 g/mol. The number of alkyl halides is 2. The fourth-order valence-corrected chi connectivity index (χ4v) is 3.56. The number of ether oxygens (including phenoxy) is 2. The molecular weight excluding hydrogens is 385 g/mol. The quantitative estimate of drug-likeness (QED) is 0.655. The van der Waals surface area contributed by atoms with Gasteiger partial charge >= 0.3 is 6.61 Å². The van der Waals surface area contributed by atoms with E-state index in [1.807, 2.05) is 0 Å². The van der Waals surface area contributed by atoms with Crippen molar-refractivity contribution in [3.8, 4) is 5.75 Å². The maximum absolute atomic E-state index is 13.3. The zero-order valence-electron chi connectivity index (χ0n) is 12.9. The van der Waals surface area contributed by atoms with Crippen molar-refractivity contribution >= 4 is 15.9 Å². The summed E-state index contributed by atoms with van der Waals surface area (Å²) >= 11 is 3.19. The van der Waals surface area contributed by atoms with Crippen LogP contribution in [0.3, 0.4) is 0 Å². The van der Waals surface area contributed by atoms with Gasteiger partial charge in [-0.1, -0.05) is 18.2 Å². The highest BCUT2D eigenvalue weighted by molar-refractivity contribution is 9.10. The summed E-state index contributed by atoms with van der Waals surface area (Å²) in [4.78, 5) is 0. The van der Waals surface area contributed by atoms with Crippen LogP contribution in [0.25, 0.3) is 0 Å². The Labute approximate surface area is 146 Å². The first-order valence-electron chi connectivity index (χ1n) is 7.49. The highest BCUT2D eigenvalue weighted by atomic mass is 79.9. The van der Waals surface area contributed by atoms with E-state index in [0.29, 0.717) is 4.47 Å². The summed E-state index contributed by atoms with van der Waals surface area (Å²) in [5, 5.41) is 0. The van der Waals surface area contributed by atoms with Crippen LogP contribution < -0.4 is 4.74 Å². The molecule has 1 aliphatic rings. The Hall–Kier alpha value is -1.53. The predicted molar refractivity (Wildman–Crippen MR) is 87.7 cm³/mol. The molecule has 0 bridgehead atoms. The standard InChI is InChI=1S/C18H16BrF3O2/c1-23-18(12-3-5-14(6-4-12)24-17(21)22)10-13(18)8-11-2-7-16(20)15(19)9-11/h2-7,9,13,17H,8,10H2,1H3. The lowest BCUT2D eigenvalue weighted by Crippen LogP contribution is -2.14. The smallest absolute Gasteiger partial charge is 0.387 e. The number of rotatable bonds is 6. The molecule has 0 saturated heterocycles. The third kappa shape index (κ3) is 3.44. The van der Waals surface area contributed by atoms with Crippen LogP contribution in [0.4, 0.5) is 13.2 Å². The second-order valence-corrected chi connectivity index (χ2v) is 6.70. The van der Waals surface area contributed by atoms with Crippen molar-refractivity contribution in [2.75, 3.05) is 7.11 Å². The Morgan fingerprint density at radius 2 is 1.92 bits per heavy atom. The van der Waals surface area contributed by atoms with Gasteiger partial charge in [-0.3, -0.25) is 0 Å². The van der Waals surface area contributed by atoms with E-state index in [0.717, 1.165) is 24.0 Å². The highest BCUT2D eigenvalue weighted by Gasteiger charge is 2.55. The van der Waals surface area contributed by atoms with Crippen LogP contribution in [0.5, 0.6) is 5.75 Å². The molecule has 2 nitrogen and oxygen atoms in total. The fraction of sp³-hybridized carbons (Fsp3) is 0.333. The van der Waals surface area contributed by atoms with Crippen molar-refractivity contribution in [1.82, 2.24) is 0 Å². The summed E-state index contributed by atoms with van der Waals surface area (Å²) in [5.74, 6) is 0.0866. The number of hydrogen-bond acceptors (Lipinski definition) is 2. The van der Waals surface area contributed by atoms with E-state index in [1.165, 1.54) is 18.2 Å². The molecule has 2 aromatic carbocycles. The van der Waals surface area contributed by atoms with E-state index in [-0.39, 0.29) is 17.5 Å². The first-order chi connectivity index (χ1) is 11.4. The molecule has 3 rings (SSSR count). The second kappa shape index (κ2) is 6.76.